The Hall–Kier alpha value is -1.15. The predicted molar refractivity (Wildman–Crippen MR) is 99.7 cm³/mol. The molecular weight excluding hydrogens is 282 g/mol. The van der Waals surface area contributed by atoms with Crippen molar-refractivity contribution in [3.63, 3.8) is 0 Å². The summed E-state index contributed by atoms with van der Waals surface area (Å²) in [5.74, 6) is 0.299. The smallest absolute Gasteiger partial charge is 0.162 e. The summed E-state index contributed by atoms with van der Waals surface area (Å²) in [6, 6.07) is 8.20. The highest BCUT2D eigenvalue weighted by atomic mass is 16.1. The van der Waals surface area contributed by atoms with E-state index in [1.165, 1.54) is 50.5 Å². The maximum Gasteiger partial charge on any atom is 0.162 e. The van der Waals surface area contributed by atoms with Crippen molar-refractivity contribution in [2.24, 2.45) is 0 Å². The zero-order valence-electron chi connectivity index (χ0n) is 15.7. The lowest BCUT2D eigenvalue weighted by Gasteiger charge is -2.23. The summed E-state index contributed by atoms with van der Waals surface area (Å²) in [6.07, 6.45) is 10.9. The maximum absolute atomic E-state index is 12.2. The molecule has 0 bridgehead atoms. The van der Waals surface area contributed by atoms with E-state index in [4.69, 9.17) is 0 Å². The normalized spacial score (nSPS) is 11.7. The SMILES string of the molecule is CCCCCCCCCCC(=O)c1ccc(C[N+](C)(C)C)cc1. The van der Waals surface area contributed by atoms with Crippen molar-refractivity contribution < 1.29 is 9.28 Å². The lowest BCUT2D eigenvalue weighted by atomic mass is 10.0. The van der Waals surface area contributed by atoms with Crippen LogP contribution in [0.3, 0.4) is 0 Å². The minimum absolute atomic E-state index is 0.299. The van der Waals surface area contributed by atoms with Crippen LogP contribution in [0.25, 0.3) is 0 Å². The number of Topliss-reactive ketones (excluding diaryl/α,β-unsaturated/α-hetero) is 1. The fourth-order valence-electron chi connectivity index (χ4n) is 2.91. The van der Waals surface area contributed by atoms with Crippen LogP contribution in [-0.4, -0.2) is 31.4 Å². The van der Waals surface area contributed by atoms with Crippen LogP contribution in [0.1, 0.15) is 80.6 Å². The molecule has 0 aromatic heterocycles. The van der Waals surface area contributed by atoms with E-state index >= 15 is 0 Å². The van der Waals surface area contributed by atoms with Gasteiger partial charge in [-0.05, 0) is 6.42 Å². The lowest BCUT2D eigenvalue weighted by Crippen LogP contribution is -2.33. The van der Waals surface area contributed by atoms with Gasteiger partial charge in [0.15, 0.2) is 5.78 Å². The van der Waals surface area contributed by atoms with Gasteiger partial charge in [-0.1, -0.05) is 76.1 Å². The van der Waals surface area contributed by atoms with Gasteiger partial charge < -0.3 is 4.48 Å². The van der Waals surface area contributed by atoms with Crippen LogP contribution in [0.5, 0.6) is 0 Å². The molecule has 0 aliphatic rings. The average Bonchev–Trinajstić information content (AvgIpc) is 2.49. The molecule has 23 heavy (non-hydrogen) atoms. The first kappa shape index (κ1) is 19.9. The molecule has 130 valence electrons. The standard InChI is InChI=1S/C21H36NO/c1-5-6-7-8-9-10-11-12-13-21(23)20-16-14-19(15-17-20)18-22(2,3)4/h14-17H,5-13,18H2,1-4H3/q+1. The number of ketones is 1. The molecule has 0 aliphatic heterocycles. The second-order valence-electron chi connectivity index (χ2n) is 7.79. The van der Waals surface area contributed by atoms with E-state index in [0.29, 0.717) is 12.2 Å². The van der Waals surface area contributed by atoms with Crippen LogP contribution in [0, 0.1) is 0 Å². The van der Waals surface area contributed by atoms with Crippen LogP contribution in [0.2, 0.25) is 0 Å². The number of quaternary nitrogens is 1. The largest absolute Gasteiger partial charge is 0.327 e. The van der Waals surface area contributed by atoms with E-state index in [9.17, 15) is 4.79 Å². The number of hydrogen-bond acceptors (Lipinski definition) is 1. The molecule has 1 aromatic carbocycles. The molecular formula is C21H36NO+. The second-order valence-corrected chi connectivity index (χ2v) is 7.79. The van der Waals surface area contributed by atoms with Gasteiger partial charge in [-0.15, -0.1) is 0 Å². The monoisotopic (exact) mass is 318 g/mol. The van der Waals surface area contributed by atoms with Gasteiger partial charge in [0.1, 0.15) is 6.54 Å². The summed E-state index contributed by atoms with van der Waals surface area (Å²) in [5, 5.41) is 0. The molecule has 0 heterocycles. The number of carbonyl (C=O) groups excluding carboxylic acids is 1. The van der Waals surface area contributed by atoms with E-state index in [-0.39, 0.29) is 0 Å². The lowest BCUT2D eigenvalue weighted by molar-refractivity contribution is -0.884. The molecule has 0 N–H and O–H groups in total. The van der Waals surface area contributed by atoms with Crippen molar-refractivity contribution in [3.8, 4) is 0 Å². The molecule has 0 aliphatic carbocycles. The van der Waals surface area contributed by atoms with Crippen LogP contribution in [0.4, 0.5) is 0 Å². The molecule has 0 saturated heterocycles. The summed E-state index contributed by atoms with van der Waals surface area (Å²) < 4.78 is 0.908. The number of nitrogens with zero attached hydrogens (tertiary/aromatic N) is 1. The Balaban J connectivity index is 2.22. The molecule has 1 rings (SSSR count). The van der Waals surface area contributed by atoms with Crippen LogP contribution < -0.4 is 0 Å². The molecule has 0 amide bonds. The van der Waals surface area contributed by atoms with Gasteiger partial charge in [0.05, 0.1) is 21.1 Å². The van der Waals surface area contributed by atoms with Crippen molar-refractivity contribution >= 4 is 5.78 Å². The highest BCUT2D eigenvalue weighted by Gasteiger charge is 2.10. The number of unbranched alkanes of at least 4 members (excludes halogenated alkanes) is 7. The van der Waals surface area contributed by atoms with Crippen molar-refractivity contribution in [2.75, 3.05) is 21.1 Å². The van der Waals surface area contributed by atoms with E-state index in [1.54, 1.807) is 0 Å². The van der Waals surface area contributed by atoms with Crippen LogP contribution in [-0.2, 0) is 6.54 Å². The van der Waals surface area contributed by atoms with E-state index < -0.39 is 0 Å². The number of rotatable bonds is 12. The predicted octanol–water partition coefficient (Wildman–Crippen LogP) is 5.61. The van der Waals surface area contributed by atoms with E-state index in [1.807, 2.05) is 12.1 Å². The van der Waals surface area contributed by atoms with E-state index in [2.05, 4.69) is 40.2 Å². The first-order valence-electron chi connectivity index (χ1n) is 9.35. The summed E-state index contributed by atoms with van der Waals surface area (Å²) in [4.78, 5) is 12.2. The van der Waals surface area contributed by atoms with Crippen molar-refractivity contribution in [1.82, 2.24) is 0 Å². The molecule has 0 spiro atoms. The summed E-state index contributed by atoms with van der Waals surface area (Å²) in [5.41, 5.74) is 2.17. The number of benzene rings is 1. The molecule has 0 fully saturated rings. The Labute approximate surface area is 143 Å². The third kappa shape index (κ3) is 9.55. The molecule has 0 unspecified atom stereocenters. The van der Waals surface area contributed by atoms with E-state index in [0.717, 1.165) is 23.0 Å². The van der Waals surface area contributed by atoms with Crippen molar-refractivity contribution in [2.45, 2.75) is 71.3 Å². The third-order valence-electron chi connectivity index (χ3n) is 4.19. The highest BCUT2D eigenvalue weighted by Crippen LogP contribution is 2.14. The summed E-state index contributed by atoms with van der Waals surface area (Å²) >= 11 is 0. The number of hydrogen-bond donors (Lipinski definition) is 0. The molecule has 2 nitrogen and oxygen atoms in total. The minimum Gasteiger partial charge on any atom is -0.327 e. The molecule has 0 radical (unpaired) electrons. The van der Waals surface area contributed by atoms with Crippen molar-refractivity contribution in [1.29, 1.82) is 0 Å². The van der Waals surface area contributed by atoms with Crippen LogP contribution in [0.15, 0.2) is 24.3 Å². The quantitative estimate of drug-likeness (QED) is 0.278. The minimum atomic E-state index is 0.299. The van der Waals surface area contributed by atoms with Gasteiger partial charge in [-0.2, -0.15) is 0 Å². The molecule has 0 atom stereocenters. The topological polar surface area (TPSA) is 17.1 Å². The van der Waals surface area contributed by atoms with Gasteiger partial charge in [0.25, 0.3) is 0 Å². The third-order valence-corrected chi connectivity index (χ3v) is 4.19. The molecule has 0 saturated carbocycles. The Kier molecular flexibility index (Phi) is 9.16. The maximum atomic E-state index is 12.2. The zero-order chi connectivity index (χ0) is 17.1. The first-order chi connectivity index (χ1) is 10.9. The van der Waals surface area contributed by atoms with Crippen molar-refractivity contribution in [3.05, 3.63) is 35.4 Å². The fraction of sp³-hybridized carbons (Fsp3) is 0.667. The Morgan fingerprint density at radius 2 is 1.35 bits per heavy atom. The van der Waals surface area contributed by atoms with Gasteiger partial charge in [0.2, 0.25) is 0 Å². The summed E-state index contributed by atoms with van der Waals surface area (Å²) in [6.45, 7) is 3.24. The van der Waals surface area contributed by atoms with Gasteiger partial charge in [-0.3, -0.25) is 4.79 Å². The van der Waals surface area contributed by atoms with Crippen LogP contribution >= 0.6 is 0 Å². The first-order valence-corrected chi connectivity index (χ1v) is 9.35. The number of carbonyl (C=O) groups is 1. The van der Waals surface area contributed by atoms with Gasteiger partial charge in [0, 0.05) is 17.5 Å². The highest BCUT2D eigenvalue weighted by molar-refractivity contribution is 5.96. The average molecular weight is 319 g/mol. The van der Waals surface area contributed by atoms with Gasteiger partial charge >= 0.3 is 0 Å². The summed E-state index contributed by atoms with van der Waals surface area (Å²) in [7, 11) is 6.55. The Morgan fingerprint density at radius 3 is 1.87 bits per heavy atom. The second kappa shape index (κ2) is 10.6. The van der Waals surface area contributed by atoms with Gasteiger partial charge in [-0.25, -0.2) is 0 Å². The fourth-order valence-corrected chi connectivity index (χ4v) is 2.91. The zero-order valence-corrected chi connectivity index (χ0v) is 15.7. The Bertz CT molecular complexity index is 442. The molecule has 2 heteroatoms. The Morgan fingerprint density at radius 1 is 0.826 bits per heavy atom. The molecule has 1 aromatic rings.